The number of nitrogens with zero attached hydrogens (tertiary/aromatic N) is 1. The van der Waals surface area contributed by atoms with Crippen molar-refractivity contribution in [1.29, 1.82) is 0 Å². The number of thioether (sulfide) groups is 1. The Bertz CT molecular complexity index is 518. The van der Waals surface area contributed by atoms with Crippen molar-refractivity contribution in [2.45, 2.75) is 25.4 Å². The summed E-state index contributed by atoms with van der Waals surface area (Å²) in [7, 11) is 0. The maximum absolute atomic E-state index is 5.66. The molecule has 1 heterocycles. The van der Waals surface area contributed by atoms with Gasteiger partial charge in [0.25, 0.3) is 0 Å². The highest BCUT2D eigenvalue weighted by Gasteiger charge is 1.99. The summed E-state index contributed by atoms with van der Waals surface area (Å²) in [6, 6.07) is 12.5. The predicted molar refractivity (Wildman–Crippen MR) is 79.6 cm³/mol. The quantitative estimate of drug-likeness (QED) is 0.908. The van der Waals surface area contributed by atoms with Gasteiger partial charge in [0.15, 0.2) is 0 Å². The van der Waals surface area contributed by atoms with E-state index >= 15 is 0 Å². The van der Waals surface area contributed by atoms with Gasteiger partial charge in [-0.2, -0.15) is 11.8 Å². The van der Waals surface area contributed by atoms with Gasteiger partial charge in [0.05, 0.1) is 5.69 Å². The zero-order valence-electron chi connectivity index (χ0n) is 10.8. The van der Waals surface area contributed by atoms with E-state index in [-0.39, 0.29) is 0 Å². The first-order valence-corrected chi connectivity index (χ1v) is 7.15. The van der Waals surface area contributed by atoms with Gasteiger partial charge in [0.2, 0.25) is 0 Å². The number of aromatic nitrogens is 1. The Hall–Kier alpha value is -1.48. The molecule has 3 heteroatoms. The highest BCUT2D eigenvalue weighted by Crippen LogP contribution is 2.19. The molecule has 0 bridgehead atoms. The van der Waals surface area contributed by atoms with Crippen LogP contribution in [0.1, 0.15) is 22.4 Å². The lowest BCUT2D eigenvalue weighted by Gasteiger charge is -2.05. The van der Waals surface area contributed by atoms with Crippen LogP contribution >= 0.6 is 11.8 Å². The van der Waals surface area contributed by atoms with Crippen LogP contribution in [0.2, 0.25) is 0 Å². The third-order valence-electron chi connectivity index (χ3n) is 2.63. The van der Waals surface area contributed by atoms with Crippen molar-refractivity contribution in [3.8, 4) is 0 Å². The first-order chi connectivity index (χ1) is 8.63. The average Bonchev–Trinajstić information content (AvgIpc) is 2.27. The fourth-order valence-corrected chi connectivity index (χ4v) is 2.88. The molecule has 0 amide bonds. The molecule has 94 valence electrons. The second kappa shape index (κ2) is 5.91. The van der Waals surface area contributed by atoms with E-state index in [9.17, 15) is 0 Å². The van der Waals surface area contributed by atoms with Crippen LogP contribution < -0.4 is 5.73 Å². The second-order valence-corrected chi connectivity index (χ2v) is 5.53. The normalized spacial score (nSPS) is 10.6. The predicted octanol–water partition coefficient (Wildman–Crippen LogP) is 3.71. The fraction of sp³-hybridized carbons (Fsp3) is 0.267. The lowest BCUT2D eigenvalue weighted by molar-refractivity contribution is 1.18. The molecule has 2 nitrogen and oxygen atoms in total. The molecule has 0 aliphatic rings. The highest BCUT2D eigenvalue weighted by molar-refractivity contribution is 7.97. The van der Waals surface area contributed by atoms with Gasteiger partial charge in [-0.15, -0.1) is 0 Å². The molecule has 2 rings (SSSR count). The molecule has 0 saturated carbocycles. The van der Waals surface area contributed by atoms with E-state index in [4.69, 9.17) is 5.73 Å². The van der Waals surface area contributed by atoms with Gasteiger partial charge >= 0.3 is 0 Å². The largest absolute Gasteiger partial charge is 0.384 e. The molecule has 1 aromatic heterocycles. The molecule has 1 aromatic carbocycles. The van der Waals surface area contributed by atoms with Crippen LogP contribution in [0.5, 0.6) is 0 Å². The van der Waals surface area contributed by atoms with Crippen molar-refractivity contribution in [3.63, 3.8) is 0 Å². The third-order valence-corrected chi connectivity index (χ3v) is 3.67. The second-order valence-electron chi connectivity index (χ2n) is 4.54. The minimum atomic E-state index is 0.597. The molecule has 18 heavy (non-hydrogen) atoms. The Morgan fingerprint density at radius 3 is 2.44 bits per heavy atom. The first kappa shape index (κ1) is 13.0. The first-order valence-electron chi connectivity index (χ1n) is 6.00. The average molecular weight is 258 g/mol. The number of hydrogen-bond acceptors (Lipinski definition) is 3. The van der Waals surface area contributed by atoms with Crippen molar-refractivity contribution < 1.29 is 0 Å². The molecular formula is C15H18N2S. The van der Waals surface area contributed by atoms with Crippen molar-refractivity contribution in [2.24, 2.45) is 0 Å². The molecule has 0 atom stereocenters. The lowest BCUT2D eigenvalue weighted by Crippen LogP contribution is -1.93. The van der Waals surface area contributed by atoms with Crippen molar-refractivity contribution >= 4 is 17.6 Å². The summed E-state index contributed by atoms with van der Waals surface area (Å²) in [5.41, 5.74) is 10.7. The number of rotatable bonds is 4. The maximum Gasteiger partial charge on any atom is 0.123 e. The fourth-order valence-electron chi connectivity index (χ4n) is 2.00. The van der Waals surface area contributed by atoms with Crippen LogP contribution in [0.15, 0.2) is 36.4 Å². The molecule has 0 radical (unpaired) electrons. The van der Waals surface area contributed by atoms with Gasteiger partial charge in [-0.05, 0) is 31.5 Å². The molecular weight excluding hydrogens is 240 g/mol. The van der Waals surface area contributed by atoms with Gasteiger partial charge in [0, 0.05) is 11.5 Å². The molecule has 0 aliphatic heterocycles. The number of pyridine rings is 1. The Morgan fingerprint density at radius 1 is 1.06 bits per heavy atom. The number of benzene rings is 1. The standard InChI is InChI=1S/C15H18N2S/c1-11-6-12(2)8-13(7-11)9-18-10-14-4-3-5-15(16)17-14/h3-8H,9-10H2,1-2H3,(H2,16,17). The minimum absolute atomic E-state index is 0.597. The van der Waals surface area contributed by atoms with Gasteiger partial charge < -0.3 is 5.73 Å². The number of nitrogen functional groups attached to an aromatic ring is 1. The van der Waals surface area contributed by atoms with Crippen LogP contribution in [0.4, 0.5) is 5.82 Å². The van der Waals surface area contributed by atoms with Crippen molar-refractivity contribution in [3.05, 3.63) is 58.8 Å². The van der Waals surface area contributed by atoms with E-state index in [0.717, 1.165) is 17.2 Å². The molecule has 0 fully saturated rings. The summed E-state index contributed by atoms with van der Waals surface area (Å²) in [5, 5.41) is 0. The van der Waals surface area contributed by atoms with Crippen molar-refractivity contribution in [2.75, 3.05) is 5.73 Å². The summed E-state index contributed by atoms with van der Waals surface area (Å²) in [6.45, 7) is 4.28. The number of hydrogen-bond donors (Lipinski definition) is 1. The maximum atomic E-state index is 5.66. The van der Waals surface area contributed by atoms with Gasteiger partial charge in [0.1, 0.15) is 5.82 Å². The van der Waals surface area contributed by atoms with Crippen molar-refractivity contribution in [1.82, 2.24) is 4.98 Å². The van der Waals surface area contributed by atoms with Crippen LogP contribution in [0.25, 0.3) is 0 Å². The lowest BCUT2D eigenvalue weighted by atomic mass is 10.1. The third kappa shape index (κ3) is 3.77. The number of nitrogens with two attached hydrogens (primary N) is 1. The number of aryl methyl sites for hydroxylation is 2. The Kier molecular flexibility index (Phi) is 4.26. The Morgan fingerprint density at radius 2 is 1.78 bits per heavy atom. The topological polar surface area (TPSA) is 38.9 Å². The summed E-state index contributed by atoms with van der Waals surface area (Å²) >= 11 is 1.87. The molecule has 0 saturated heterocycles. The van der Waals surface area contributed by atoms with Crippen LogP contribution in [0.3, 0.4) is 0 Å². The van der Waals surface area contributed by atoms with Gasteiger partial charge in [-0.25, -0.2) is 4.98 Å². The summed E-state index contributed by atoms with van der Waals surface area (Å²) in [5.74, 6) is 2.51. The highest BCUT2D eigenvalue weighted by atomic mass is 32.2. The van der Waals surface area contributed by atoms with Gasteiger partial charge in [-0.1, -0.05) is 35.4 Å². The SMILES string of the molecule is Cc1cc(C)cc(CSCc2cccc(N)n2)c1. The molecule has 2 aromatic rings. The van der Waals surface area contributed by atoms with Gasteiger partial charge in [-0.3, -0.25) is 0 Å². The molecule has 2 N–H and O–H groups in total. The molecule has 0 spiro atoms. The zero-order valence-corrected chi connectivity index (χ0v) is 11.6. The summed E-state index contributed by atoms with van der Waals surface area (Å²) in [6.07, 6.45) is 0. The Labute approximate surface area is 113 Å². The number of anilines is 1. The van der Waals surface area contributed by atoms with E-state index in [1.807, 2.05) is 30.0 Å². The smallest absolute Gasteiger partial charge is 0.123 e. The molecule has 0 aliphatic carbocycles. The van der Waals surface area contributed by atoms with E-state index in [2.05, 4.69) is 37.0 Å². The van der Waals surface area contributed by atoms with Crippen LogP contribution in [-0.4, -0.2) is 4.98 Å². The van der Waals surface area contributed by atoms with Crippen LogP contribution in [-0.2, 0) is 11.5 Å². The van der Waals surface area contributed by atoms with E-state index in [0.29, 0.717) is 5.82 Å². The van der Waals surface area contributed by atoms with E-state index in [1.165, 1.54) is 16.7 Å². The summed E-state index contributed by atoms with van der Waals surface area (Å²) in [4.78, 5) is 4.30. The van der Waals surface area contributed by atoms with E-state index < -0.39 is 0 Å². The minimum Gasteiger partial charge on any atom is -0.384 e. The molecule has 0 unspecified atom stereocenters. The van der Waals surface area contributed by atoms with Crippen LogP contribution in [0, 0.1) is 13.8 Å². The summed E-state index contributed by atoms with van der Waals surface area (Å²) < 4.78 is 0. The zero-order chi connectivity index (χ0) is 13.0. The monoisotopic (exact) mass is 258 g/mol. The Balaban J connectivity index is 1.92. The van der Waals surface area contributed by atoms with E-state index in [1.54, 1.807) is 0 Å².